The molecule has 5 aromatic carbocycles. The summed E-state index contributed by atoms with van der Waals surface area (Å²) in [5, 5.41) is 2.36. The molecule has 53 heavy (non-hydrogen) atoms. The fourth-order valence-corrected chi connectivity index (χ4v) is 8.39. The first-order chi connectivity index (χ1) is 25.3. The number of rotatable bonds is 5. The van der Waals surface area contributed by atoms with Crippen LogP contribution in [0.2, 0.25) is 0 Å². The van der Waals surface area contributed by atoms with E-state index in [2.05, 4.69) is 135 Å². The Labute approximate surface area is 310 Å². The van der Waals surface area contributed by atoms with E-state index in [4.69, 9.17) is 19.9 Å². The average molecular weight is 694 g/mol. The summed E-state index contributed by atoms with van der Waals surface area (Å²) >= 11 is 0. The van der Waals surface area contributed by atoms with Gasteiger partial charge in [-0.05, 0) is 144 Å². The first kappa shape index (κ1) is 34.0. The molecule has 262 valence electrons. The van der Waals surface area contributed by atoms with Gasteiger partial charge in [-0.2, -0.15) is 0 Å². The van der Waals surface area contributed by atoms with Gasteiger partial charge in [-0.1, -0.05) is 59.7 Å². The van der Waals surface area contributed by atoms with E-state index < -0.39 is 0 Å². The first-order valence-corrected chi connectivity index (χ1v) is 18.1. The van der Waals surface area contributed by atoms with Crippen molar-refractivity contribution in [3.8, 4) is 50.7 Å². The summed E-state index contributed by atoms with van der Waals surface area (Å²) in [7, 11) is 0. The van der Waals surface area contributed by atoms with Crippen LogP contribution in [0.25, 0.3) is 72.5 Å². The highest BCUT2D eigenvalue weighted by atomic mass is 15.0. The van der Waals surface area contributed by atoms with Crippen molar-refractivity contribution < 1.29 is 0 Å². The fourth-order valence-electron chi connectivity index (χ4n) is 8.39. The molecule has 0 unspecified atom stereocenters. The molecule has 8 rings (SSSR count). The van der Waals surface area contributed by atoms with Crippen LogP contribution in [-0.2, 0) is 0 Å². The summed E-state index contributed by atoms with van der Waals surface area (Å²) in [6.45, 7) is 20.8. The van der Waals surface area contributed by atoms with Gasteiger partial charge in [-0.25, -0.2) is 29.9 Å². The number of fused-ring (bicyclic) bond motifs is 3. The number of nitrogens with zero attached hydrogens (tertiary/aromatic N) is 7. The zero-order valence-corrected chi connectivity index (χ0v) is 32.1. The van der Waals surface area contributed by atoms with E-state index in [1.165, 1.54) is 66.4 Å². The zero-order chi connectivity index (χ0) is 37.3. The van der Waals surface area contributed by atoms with Crippen LogP contribution in [0, 0.1) is 69.2 Å². The number of hydrogen-bond acceptors (Lipinski definition) is 6. The molecule has 0 saturated carbocycles. The summed E-state index contributed by atoms with van der Waals surface area (Å²) in [6, 6.07) is 29.3. The summed E-state index contributed by atoms with van der Waals surface area (Å²) in [4.78, 5) is 28.2. The summed E-state index contributed by atoms with van der Waals surface area (Å²) in [5.41, 5.74) is 17.4. The van der Waals surface area contributed by atoms with E-state index in [0.29, 0.717) is 34.9 Å². The van der Waals surface area contributed by atoms with E-state index in [-0.39, 0.29) is 0 Å². The van der Waals surface area contributed by atoms with Crippen molar-refractivity contribution in [2.45, 2.75) is 69.2 Å². The van der Waals surface area contributed by atoms with Crippen LogP contribution < -0.4 is 0 Å². The molecule has 0 radical (unpaired) electrons. The fraction of sp³-hybridized carbons (Fsp3) is 0.217. The van der Waals surface area contributed by atoms with Crippen LogP contribution in [0.5, 0.6) is 0 Å². The second-order valence-electron chi connectivity index (χ2n) is 14.6. The first-order valence-electron chi connectivity index (χ1n) is 18.1. The Morgan fingerprint density at radius 1 is 0.377 bits per heavy atom. The number of aryl methyl sites for hydroxylation is 10. The van der Waals surface area contributed by atoms with Gasteiger partial charge in [0.1, 0.15) is 23.3 Å². The maximum absolute atomic E-state index is 4.91. The normalized spacial score (nSPS) is 11.6. The zero-order valence-electron chi connectivity index (χ0n) is 32.1. The molecule has 0 bridgehead atoms. The summed E-state index contributed by atoms with van der Waals surface area (Å²) in [5.74, 6) is 3.91. The van der Waals surface area contributed by atoms with Gasteiger partial charge in [-0.15, -0.1) is 0 Å². The molecule has 0 spiro atoms. The number of hydrogen-bond donors (Lipinski definition) is 0. The second kappa shape index (κ2) is 12.8. The lowest BCUT2D eigenvalue weighted by molar-refractivity contribution is 0.924. The van der Waals surface area contributed by atoms with Crippen molar-refractivity contribution in [2.24, 2.45) is 0 Å². The van der Waals surface area contributed by atoms with Gasteiger partial charge in [0, 0.05) is 21.9 Å². The van der Waals surface area contributed by atoms with Crippen LogP contribution in [0.1, 0.15) is 56.7 Å². The molecule has 0 aliphatic heterocycles. The SMILES string of the molecule is Cc1cc(C)c(-c2ccc3c4ccc(-c5c(C)cc(C)cc5C)cc4n(-c4ccc(-c5nc(C)nc(C)n5)cc4-c4nc(C)nc(C)n4)c3c2)c(C)c1. The minimum absolute atomic E-state index is 0.604. The molecule has 0 fully saturated rings. The molecule has 3 aromatic heterocycles. The van der Waals surface area contributed by atoms with Crippen molar-refractivity contribution in [1.29, 1.82) is 0 Å². The van der Waals surface area contributed by atoms with E-state index in [9.17, 15) is 0 Å². The van der Waals surface area contributed by atoms with Gasteiger partial charge < -0.3 is 4.57 Å². The summed E-state index contributed by atoms with van der Waals surface area (Å²) in [6.07, 6.45) is 0. The van der Waals surface area contributed by atoms with Gasteiger partial charge in [0.25, 0.3) is 0 Å². The highest BCUT2D eigenvalue weighted by Crippen LogP contribution is 2.41. The molecule has 0 saturated heterocycles. The molecule has 0 atom stereocenters. The molecule has 7 nitrogen and oxygen atoms in total. The lowest BCUT2D eigenvalue weighted by Crippen LogP contribution is -2.05. The van der Waals surface area contributed by atoms with E-state index in [1.54, 1.807) is 0 Å². The van der Waals surface area contributed by atoms with Gasteiger partial charge in [-0.3, -0.25) is 0 Å². The molecule has 0 N–H and O–H groups in total. The topological polar surface area (TPSA) is 82.3 Å². The molecule has 7 heteroatoms. The Bertz CT molecular complexity index is 2590. The van der Waals surface area contributed by atoms with Gasteiger partial charge in [0.2, 0.25) is 0 Å². The lowest BCUT2D eigenvalue weighted by Gasteiger charge is -2.17. The molecule has 0 amide bonds. The van der Waals surface area contributed by atoms with Crippen LogP contribution in [0.3, 0.4) is 0 Å². The molecule has 8 aromatic rings. The van der Waals surface area contributed by atoms with Crippen molar-refractivity contribution in [3.05, 3.63) is 136 Å². The maximum Gasteiger partial charge on any atom is 0.165 e. The monoisotopic (exact) mass is 693 g/mol. The average Bonchev–Trinajstić information content (AvgIpc) is 3.39. The molecule has 3 heterocycles. The number of aromatic nitrogens is 7. The largest absolute Gasteiger partial charge is 0.308 e. The predicted molar refractivity (Wildman–Crippen MR) is 217 cm³/mol. The van der Waals surface area contributed by atoms with E-state index in [0.717, 1.165) is 27.8 Å². The Balaban J connectivity index is 1.49. The third-order valence-corrected chi connectivity index (χ3v) is 10.2. The third-order valence-electron chi connectivity index (χ3n) is 10.2. The van der Waals surface area contributed by atoms with Crippen molar-refractivity contribution in [2.75, 3.05) is 0 Å². The standard InChI is InChI=1S/C46H43N7/c1-24-17-26(3)43(27(4)18-24)34-11-14-37-38-15-12-35(44-28(5)19-25(2)20-29(44)6)23-42(38)53(41(37)22-34)40-16-13-36(45-49-30(7)47-31(8)50-45)21-39(40)46-51-32(9)48-33(10)52-46/h11-23H,1-10H3. The van der Waals surface area contributed by atoms with Crippen LogP contribution in [0.15, 0.2) is 78.9 Å². The maximum atomic E-state index is 4.91. The van der Waals surface area contributed by atoms with E-state index >= 15 is 0 Å². The Hall–Kier alpha value is -6.08. The van der Waals surface area contributed by atoms with Crippen LogP contribution in [0.4, 0.5) is 0 Å². The highest BCUT2D eigenvalue weighted by Gasteiger charge is 2.22. The molecule has 0 aliphatic carbocycles. The Kier molecular flexibility index (Phi) is 8.25. The van der Waals surface area contributed by atoms with Gasteiger partial charge >= 0.3 is 0 Å². The molecular formula is C46H43N7. The Morgan fingerprint density at radius 2 is 0.774 bits per heavy atom. The van der Waals surface area contributed by atoms with Crippen molar-refractivity contribution in [3.63, 3.8) is 0 Å². The summed E-state index contributed by atoms with van der Waals surface area (Å²) < 4.78 is 2.40. The van der Waals surface area contributed by atoms with Crippen molar-refractivity contribution in [1.82, 2.24) is 34.5 Å². The smallest absolute Gasteiger partial charge is 0.165 e. The van der Waals surface area contributed by atoms with Crippen molar-refractivity contribution >= 4 is 21.8 Å². The minimum Gasteiger partial charge on any atom is -0.308 e. The van der Waals surface area contributed by atoms with Crippen LogP contribution in [-0.4, -0.2) is 34.5 Å². The van der Waals surface area contributed by atoms with Crippen LogP contribution >= 0.6 is 0 Å². The minimum atomic E-state index is 0.604. The second-order valence-corrected chi connectivity index (χ2v) is 14.6. The quantitative estimate of drug-likeness (QED) is 0.178. The third kappa shape index (κ3) is 6.06. The highest BCUT2D eigenvalue weighted by molar-refractivity contribution is 6.12. The molecular weight excluding hydrogens is 651 g/mol. The van der Waals surface area contributed by atoms with Gasteiger partial charge in [0.15, 0.2) is 11.6 Å². The molecule has 0 aliphatic rings. The predicted octanol–water partition coefficient (Wildman–Crippen LogP) is 10.9. The van der Waals surface area contributed by atoms with E-state index in [1.807, 2.05) is 27.7 Å². The number of benzene rings is 5. The van der Waals surface area contributed by atoms with Gasteiger partial charge in [0.05, 0.1) is 16.7 Å². The lowest BCUT2D eigenvalue weighted by atomic mass is 9.92. The Morgan fingerprint density at radius 3 is 1.21 bits per heavy atom.